The molecule has 1 fully saturated rings. The number of furan rings is 1. The molecule has 0 unspecified atom stereocenters. The minimum Gasteiger partial charge on any atom is -0.462 e. The lowest BCUT2D eigenvalue weighted by molar-refractivity contribution is 0.0524. The number of carbonyl (C=O) groups is 1. The zero-order chi connectivity index (χ0) is 18.0. The molecule has 1 aliphatic rings. The molecule has 0 bridgehead atoms. The van der Waals surface area contributed by atoms with Crippen LogP contribution < -0.4 is 5.73 Å². The molecule has 0 amide bonds. The van der Waals surface area contributed by atoms with Crippen molar-refractivity contribution in [2.24, 2.45) is 0 Å². The van der Waals surface area contributed by atoms with Gasteiger partial charge in [0, 0.05) is 18.6 Å². The van der Waals surface area contributed by atoms with E-state index in [1.165, 1.54) is 0 Å². The van der Waals surface area contributed by atoms with Crippen molar-refractivity contribution in [1.82, 2.24) is 4.98 Å². The molecule has 2 aromatic rings. The average Bonchev–Trinajstić information content (AvgIpc) is 3.24. The number of hydrogen-bond donors (Lipinski definition) is 1. The van der Waals surface area contributed by atoms with Gasteiger partial charge in [-0.3, -0.25) is 0 Å². The Labute approximate surface area is 145 Å². The van der Waals surface area contributed by atoms with E-state index in [4.69, 9.17) is 19.6 Å². The number of pyridine rings is 1. The third-order valence-electron chi connectivity index (χ3n) is 4.22. The van der Waals surface area contributed by atoms with Crippen LogP contribution in [0.5, 0.6) is 0 Å². The first kappa shape index (κ1) is 17.0. The van der Waals surface area contributed by atoms with E-state index in [1.54, 1.807) is 26.0 Å². The predicted octanol–water partition coefficient (Wildman–Crippen LogP) is 2.78. The number of nitrogens with zero attached hydrogens (tertiary/aromatic N) is 2. The van der Waals surface area contributed by atoms with E-state index in [0.29, 0.717) is 41.6 Å². The summed E-state index contributed by atoms with van der Waals surface area (Å²) in [5, 5.41) is 9.41. The molecular formula is C18H19N3O4. The van der Waals surface area contributed by atoms with Gasteiger partial charge in [0.2, 0.25) is 0 Å². The maximum atomic E-state index is 12.0. The van der Waals surface area contributed by atoms with Crippen molar-refractivity contribution in [3.63, 3.8) is 0 Å². The average molecular weight is 341 g/mol. The Morgan fingerprint density at radius 3 is 2.96 bits per heavy atom. The van der Waals surface area contributed by atoms with Crippen molar-refractivity contribution in [3.05, 3.63) is 34.6 Å². The van der Waals surface area contributed by atoms with Crippen molar-refractivity contribution in [3.8, 4) is 17.5 Å². The summed E-state index contributed by atoms with van der Waals surface area (Å²) in [5.41, 5.74) is 7.99. The van der Waals surface area contributed by atoms with Crippen LogP contribution in [0.15, 0.2) is 16.5 Å². The van der Waals surface area contributed by atoms with Crippen LogP contribution in [0.3, 0.4) is 0 Å². The van der Waals surface area contributed by atoms with E-state index in [1.807, 2.05) is 0 Å². The van der Waals surface area contributed by atoms with Crippen molar-refractivity contribution in [2.75, 3.05) is 25.6 Å². The zero-order valence-corrected chi connectivity index (χ0v) is 14.2. The molecule has 3 heterocycles. The number of rotatable bonds is 4. The second-order valence-corrected chi connectivity index (χ2v) is 5.83. The van der Waals surface area contributed by atoms with Gasteiger partial charge in [-0.15, -0.1) is 0 Å². The molecule has 0 aliphatic carbocycles. The molecule has 2 N–H and O–H groups in total. The topological polar surface area (TPSA) is 111 Å². The number of ether oxygens (including phenoxy) is 2. The van der Waals surface area contributed by atoms with Crippen LogP contribution >= 0.6 is 0 Å². The van der Waals surface area contributed by atoms with Gasteiger partial charge in [0.15, 0.2) is 5.76 Å². The fourth-order valence-electron chi connectivity index (χ4n) is 2.95. The number of nitrogen functional groups attached to an aromatic ring is 1. The summed E-state index contributed by atoms with van der Waals surface area (Å²) in [6.45, 7) is 4.91. The molecule has 0 aromatic carbocycles. The number of carbonyl (C=O) groups excluding carboxylic acids is 1. The van der Waals surface area contributed by atoms with E-state index < -0.39 is 5.97 Å². The van der Waals surface area contributed by atoms with Crippen LogP contribution in [0, 0.1) is 18.3 Å². The first-order chi connectivity index (χ1) is 12.0. The quantitative estimate of drug-likeness (QED) is 0.851. The van der Waals surface area contributed by atoms with E-state index in [-0.39, 0.29) is 18.3 Å². The molecule has 7 nitrogen and oxygen atoms in total. The Bertz CT molecular complexity index is 845. The van der Waals surface area contributed by atoms with Gasteiger partial charge in [-0.05, 0) is 31.9 Å². The SMILES string of the molecule is CCOC(=O)c1cc(-c2cc([C@H]3CCOC3)c(C#N)c(N)n2)oc1C. The lowest BCUT2D eigenvalue weighted by Crippen LogP contribution is -2.06. The number of aromatic nitrogens is 1. The molecule has 0 saturated carbocycles. The summed E-state index contributed by atoms with van der Waals surface area (Å²) in [7, 11) is 0. The van der Waals surface area contributed by atoms with Crippen LogP contribution in [-0.2, 0) is 9.47 Å². The summed E-state index contributed by atoms with van der Waals surface area (Å²) < 4.78 is 16.1. The smallest absolute Gasteiger partial charge is 0.341 e. The van der Waals surface area contributed by atoms with Crippen molar-refractivity contribution in [2.45, 2.75) is 26.2 Å². The standard InChI is InChI=1S/C18H19N3O4/c1-3-24-18(22)12-7-16(25-10(12)2)15-6-13(11-4-5-23-9-11)14(8-19)17(20)21-15/h6-7,11H,3-5,9H2,1-2H3,(H2,20,21)/t11-/m0/s1. The van der Waals surface area contributed by atoms with E-state index >= 15 is 0 Å². The third-order valence-corrected chi connectivity index (χ3v) is 4.22. The number of hydrogen-bond acceptors (Lipinski definition) is 7. The predicted molar refractivity (Wildman–Crippen MR) is 89.9 cm³/mol. The molecule has 1 aliphatic heterocycles. The molecule has 7 heteroatoms. The molecule has 0 radical (unpaired) electrons. The van der Waals surface area contributed by atoms with Crippen LogP contribution in [0.1, 0.15) is 46.5 Å². The lowest BCUT2D eigenvalue weighted by atomic mass is 9.93. The van der Waals surface area contributed by atoms with E-state index in [9.17, 15) is 10.1 Å². The van der Waals surface area contributed by atoms with Crippen LogP contribution in [-0.4, -0.2) is 30.8 Å². The summed E-state index contributed by atoms with van der Waals surface area (Å²) in [4.78, 5) is 16.2. The van der Waals surface area contributed by atoms with Gasteiger partial charge in [0.05, 0.1) is 18.8 Å². The van der Waals surface area contributed by atoms with Crippen molar-refractivity contribution < 1.29 is 18.7 Å². The zero-order valence-electron chi connectivity index (χ0n) is 14.2. The first-order valence-electron chi connectivity index (χ1n) is 8.11. The molecule has 0 spiro atoms. The minimum atomic E-state index is -0.443. The van der Waals surface area contributed by atoms with E-state index in [0.717, 1.165) is 12.0 Å². The third kappa shape index (κ3) is 3.21. The fraction of sp³-hybridized carbons (Fsp3) is 0.389. The Kier molecular flexibility index (Phi) is 4.72. The maximum absolute atomic E-state index is 12.0. The number of anilines is 1. The summed E-state index contributed by atoms with van der Waals surface area (Å²) in [6.07, 6.45) is 0.822. The number of nitrogens with two attached hydrogens (primary N) is 1. The van der Waals surface area contributed by atoms with Gasteiger partial charge >= 0.3 is 5.97 Å². The molecular weight excluding hydrogens is 322 g/mol. The molecule has 3 rings (SSSR count). The Morgan fingerprint density at radius 1 is 1.52 bits per heavy atom. The van der Waals surface area contributed by atoms with Gasteiger partial charge in [-0.1, -0.05) is 0 Å². The maximum Gasteiger partial charge on any atom is 0.341 e. The van der Waals surface area contributed by atoms with Crippen molar-refractivity contribution >= 4 is 11.8 Å². The first-order valence-corrected chi connectivity index (χ1v) is 8.11. The minimum absolute atomic E-state index is 0.0966. The highest BCUT2D eigenvalue weighted by molar-refractivity contribution is 5.91. The van der Waals surface area contributed by atoms with Crippen LogP contribution in [0.4, 0.5) is 5.82 Å². The molecule has 2 aromatic heterocycles. The van der Waals surface area contributed by atoms with E-state index in [2.05, 4.69) is 11.1 Å². The number of esters is 1. The van der Waals surface area contributed by atoms with Gasteiger partial charge in [-0.25, -0.2) is 9.78 Å². The Morgan fingerprint density at radius 2 is 2.32 bits per heavy atom. The highest BCUT2D eigenvalue weighted by Crippen LogP contribution is 2.34. The molecule has 1 saturated heterocycles. The Balaban J connectivity index is 2.05. The van der Waals surface area contributed by atoms with Gasteiger partial charge in [-0.2, -0.15) is 5.26 Å². The van der Waals surface area contributed by atoms with Crippen LogP contribution in [0.25, 0.3) is 11.5 Å². The largest absolute Gasteiger partial charge is 0.462 e. The summed E-state index contributed by atoms with van der Waals surface area (Å²) >= 11 is 0. The lowest BCUT2D eigenvalue weighted by Gasteiger charge is -2.13. The normalized spacial score (nSPS) is 16.6. The second-order valence-electron chi connectivity index (χ2n) is 5.83. The second kappa shape index (κ2) is 6.95. The van der Waals surface area contributed by atoms with Gasteiger partial charge in [0.1, 0.15) is 28.9 Å². The monoisotopic (exact) mass is 341 g/mol. The van der Waals surface area contributed by atoms with Gasteiger partial charge in [0.25, 0.3) is 0 Å². The highest BCUT2D eigenvalue weighted by Gasteiger charge is 2.25. The molecule has 130 valence electrons. The molecule has 25 heavy (non-hydrogen) atoms. The summed E-state index contributed by atoms with van der Waals surface area (Å²) in [6, 6.07) is 5.51. The number of aryl methyl sites for hydroxylation is 1. The van der Waals surface area contributed by atoms with Crippen LogP contribution in [0.2, 0.25) is 0 Å². The summed E-state index contributed by atoms with van der Waals surface area (Å²) in [5.74, 6) is 0.662. The fourth-order valence-corrected chi connectivity index (χ4v) is 2.95. The number of nitriles is 1. The molecule has 1 atom stereocenters. The van der Waals surface area contributed by atoms with Crippen molar-refractivity contribution in [1.29, 1.82) is 5.26 Å². The highest BCUT2D eigenvalue weighted by atomic mass is 16.5. The Hall–Kier alpha value is -2.85. The van der Waals surface area contributed by atoms with Gasteiger partial charge < -0.3 is 19.6 Å².